The Morgan fingerprint density at radius 2 is 2.57 bits per heavy atom. The highest BCUT2D eigenvalue weighted by molar-refractivity contribution is 5.65. The van der Waals surface area contributed by atoms with Gasteiger partial charge in [-0.15, -0.1) is 0 Å². The highest BCUT2D eigenvalue weighted by atomic mass is 16.5. The number of rotatable bonds is 3. The second kappa shape index (κ2) is 5.60. The van der Waals surface area contributed by atoms with E-state index in [4.69, 9.17) is 9.47 Å². The monoisotopic (exact) mass is 196 g/mol. The first-order valence-corrected chi connectivity index (χ1v) is 4.77. The summed E-state index contributed by atoms with van der Waals surface area (Å²) in [5.41, 5.74) is 1.35. The fourth-order valence-electron chi connectivity index (χ4n) is 1.23. The molecule has 0 saturated carbocycles. The van der Waals surface area contributed by atoms with E-state index in [-0.39, 0.29) is 12.1 Å². The lowest BCUT2D eigenvalue weighted by atomic mass is 10.1. The van der Waals surface area contributed by atoms with Crippen LogP contribution in [0.3, 0.4) is 0 Å². The Bertz CT molecular complexity index is 253. The number of carbonyl (C=O) groups is 1. The van der Waals surface area contributed by atoms with Crippen molar-refractivity contribution in [2.75, 3.05) is 13.2 Å². The molecule has 0 bridgehead atoms. The summed E-state index contributed by atoms with van der Waals surface area (Å²) in [4.78, 5) is 10.4. The van der Waals surface area contributed by atoms with Gasteiger partial charge in [0, 0.05) is 6.92 Å². The van der Waals surface area contributed by atoms with E-state index in [0.717, 1.165) is 13.0 Å². The number of hydrogen-bond acceptors (Lipinski definition) is 3. The predicted octanol–water partition coefficient (Wildman–Crippen LogP) is 1.84. The molecule has 0 aliphatic carbocycles. The summed E-state index contributed by atoms with van der Waals surface area (Å²) in [7, 11) is 0. The number of carbonyl (C=O) groups excluding carboxylic acids is 1. The number of hydrogen-bond donors (Lipinski definition) is 0. The van der Waals surface area contributed by atoms with Gasteiger partial charge < -0.3 is 9.47 Å². The fraction of sp³-hybridized carbons (Fsp3) is 0.545. The Kier molecular flexibility index (Phi) is 4.40. The van der Waals surface area contributed by atoms with Crippen molar-refractivity contribution in [3.05, 3.63) is 23.8 Å². The van der Waals surface area contributed by atoms with Crippen molar-refractivity contribution in [3.8, 4) is 0 Å². The summed E-state index contributed by atoms with van der Waals surface area (Å²) in [6.45, 7) is 4.58. The highest BCUT2D eigenvalue weighted by Gasteiger charge is 2.07. The van der Waals surface area contributed by atoms with E-state index in [1.54, 1.807) is 6.08 Å². The average molecular weight is 196 g/mol. The molecule has 0 saturated heterocycles. The van der Waals surface area contributed by atoms with E-state index in [1.165, 1.54) is 12.5 Å². The second-order valence-electron chi connectivity index (χ2n) is 3.33. The van der Waals surface area contributed by atoms with Gasteiger partial charge in [0.2, 0.25) is 0 Å². The summed E-state index contributed by atoms with van der Waals surface area (Å²) in [6.07, 6.45) is 6.84. The van der Waals surface area contributed by atoms with E-state index < -0.39 is 0 Å². The van der Waals surface area contributed by atoms with Gasteiger partial charge in [0.15, 0.2) is 0 Å². The molecule has 0 radical (unpaired) electrons. The molecule has 1 heterocycles. The Hall–Kier alpha value is -1.09. The van der Waals surface area contributed by atoms with Crippen LogP contribution in [0, 0.1) is 0 Å². The van der Waals surface area contributed by atoms with Crippen LogP contribution in [0.25, 0.3) is 0 Å². The Morgan fingerprint density at radius 3 is 3.21 bits per heavy atom. The maximum atomic E-state index is 10.4. The zero-order valence-electron chi connectivity index (χ0n) is 8.66. The summed E-state index contributed by atoms with van der Waals surface area (Å²) in [6, 6.07) is 0. The van der Waals surface area contributed by atoms with E-state index >= 15 is 0 Å². The first-order valence-electron chi connectivity index (χ1n) is 4.77. The van der Waals surface area contributed by atoms with Crippen LogP contribution in [-0.2, 0) is 14.3 Å². The second-order valence-corrected chi connectivity index (χ2v) is 3.33. The molecule has 1 rings (SSSR count). The van der Waals surface area contributed by atoms with Crippen molar-refractivity contribution in [3.63, 3.8) is 0 Å². The highest BCUT2D eigenvalue weighted by Crippen LogP contribution is 2.12. The number of esters is 1. The molecule has 0 spiro atoms. The van der Waals surface area contributed by atoms with Gasteiger partial charge in [0.05, 0.1) is 12.7 Å². The van der Waals surface area contributed by atoms with Crippen LogP contribution in [0.5, 0.6) is 0 Å². The first-order chi connectivity index (χ1) is 6.68. The molecule has 0 aromatic rings. The molecule has 1 unspecified atom stereocenters. The standard InChI is InChI=1S/C11H16O3/c1-9-5-7-14-11(8-9)4-3-6-13-10(2)12/h3-4,8,11H,5-7H2,1-2H3/b4-3+. The van der Waals surface area contributed by atoms with Crippen molar-refractivity contribution in [2.24, 2.45) is 0 Å². The van der Waals surface area contributed by atoms with Crippen LogP contribution in [0.4, 0.5) is 0 Å². The number of ether oxygens (including phenoxy) is 2. The molecule has 1 aliphatic heterocycles. The van der Waals surface area contributed by atoms with Gasteiger partial charge in [-0.05, 0) is 19.4 Å². The van der Waals surface area contributed by atoms with Crippen molar-refractivity contribution in [2.45, 2.75) is 26.4 Å². The fourth-order valence-corrected chi connectivity index (χ4v) is 1.23. The third-order valence-electron chi connectivity index (χ3n) is 1.96. The smallest absolute Gasteiger partial charge is 0.302 e. The van der Waals surface area contributed by atoms with Crippen LogP contribution in [-0.4, -0.2) is 25.3 Å². The van der Waals surface area contributed by atoms with Crippen molar-refractivity contribution in [1.29, 1.82) is 0 Å². The maximum absolute atomic E-state index is 10.4. The van der Waals surface area contributed by atoms with Gasteiger partial charge in [-0.25, -0.2) is 0 Å². The molecule has 0 N–H and O–H groups in total. The maximum Gasteiger partial charge on any atom is 0.302 e. The molecular weight excluding hydrogens is 180 g/mol. The lowest BCUT2D eigenvalue weighted by Crippen LogP contribution is -2.14. The van der Waals surface area contributed by atoms with Gasteiger partial charge in [0.25, 0.3) is 0 Å². The molecule has 14 heavy (non-hydrogen) atoms. The molecular formula is C11H16O3. The van der Waals surface area contributed by atoms with Gasteiger partial charge in [-0.3, -0.25) is 4.79 Å². The molecule has 78 valence electrons. The SMILES string of the molecule is CC(=O)OC/C=C/C1C=C(C)CCO1. The molecule has 0 aromatic heterocycles. The summed E-state index contributed by atoms with van der Waals surface area (Å²) >= 11 is 0. The minimum absolute atomic E-state index is 0.0410. The summed E-state index contributed by atoms with van der Waals surface area (Å²) in [5.74, 6) is -0.258. The Morgan fingerprint density at radius 1 is 1.79 bits per heavy atom. The van der Waals surface area contributed by atoms with E-state index in [0.29, 0.717) is 6.61 Å². The third-order valence-corrected chi connectivity index (χ3v) is 1.96. The van der Waals surface area contributed by atoms with Gasteiger partial charge >= 0.3 is 5.97 Å². The Balaban J connectivity index is 2.29. The molecule has 0 aromatic carbocycles. The predicted molar refractivity (Wildman–Crippen MR) is 53.9 cm³/mol. The van der Waals surface area contributed by atoms with Crippen LogP contribution in [0.1, 0.15) is 20.3 Å². The van der Waals surface area contributed by atoms with Crippen LogP contribution in [0.2, 0.25) is 0 Å². The van der Waals surface area contributed by atoms with Crippen LogP contribution >= 0.6 is 0 Å². The van der Waals surface area contributed by atoms with Gasteiger partial charge in [0.1, 0.15) is 6.61 Å². The van der Waals surface area contributed by atoms with Crippen LogP contribution in [0.15, 0.2) is 23.8 Å². The van der Waals surface area contributed by atoms with Crippen molar-refractivity contribution < 1.29 is 14.3 Å². The lowest BCUT2D eigenvalue weighted by Gasteiger charge is -2.17. The van der Waals surface area contributed by atoms with Crippen LogP contribution < -0.4 is 0 Å². The molecule has 3 nitrogen and oxygen atoms in total. The van der Waals surface area contributed by atoms with E-state index in [9.17, 15) is 4.79 Å². The zero-order chi connectivity index (χ0) is 10.4. The first kappa shape index (κ1) is 11.0. The van der Waals surface area contributed by atoms with Gasteiger partial charge in [-0.1, -0.05) is 17.7 Å². The molecule has 0 fully saturated rings. The average Bonchev–Trinajstić information content (AvgIpc) is 2.12. The quantitative estimate of drug-likeness (QED) is 0.510. The molecule has 3 heteroatoms. The van der Waals surface area contributed by atoms with Gasteiger partial charge in [-0.2, -0.15) is 0 Å². The third kappa shape index (κ3) is 4.23. The van der Waals surface area contributed by atoms with E-state index in [2.05, 4.69) is 13.0 Å². The normalized spacial score (nSPS) is 22.1. The Labute approximate surface area is 84.4 Å². The molecule has 0 amide bonds. The molecule has 1 atom stereocenters. The largest absolute Gasteiger partial charge is 0.462 e. The molecule has 1 aliphatic rings. The summed E-state index contributed by atoms with van der Waals surface area (Å²) in [5, 5.41) is 0. The minimum Gasteiger partial charge on any atom is -0.462 e. The topological polar surface area (TPSA) is 35.5 Å². The minimum atomic E-state index is -0.258. The zero-order valence-corrected chi connectivity index (χ0v) is 8.66. The summed E-state index contributed by atoms with van der Waals surface area (Å²) < 4.78 is 10.2. The lowest BCUT2D eigenvalue weighted by molar-refractivity contribution is -0.139. The van der Waals surface area contributed by atoms with Crippen molar-refractivity contribution in [1.82, 2.24) is 0 Å². The van der Waals surface area contributed by atoms with E-state index in [1.807, 2.05) is 6.08 Å². The van der Waals surface area contributed by atoms with Crippen molar-refractivity contribution >= 4 is 5.97 Å².